The molecule has 3 heterocycles. The molecule has 2 aliphatic rings. The summed E-state index contributed by atoms with van der Waals surface area (Å²) in [4.78, 5) is 31.2. The van der Waals surface area contributed by atoms with Crippen molar-refractivity contribution in [3.8, 4) is 0 Å². The zero-order valence-corrected chi connectivity index (χ0v) is 25.4. The van der Waals surface area contributed by atoms with E-state index in [1.165, 1.54) is 25.3 Å². The lowest BCUT2D eigenvalue weighted by Gasteiger charge is -2.38. The van der Waals surface area contributed by atoms with Crippen LogP contribution in [0.5, 0.6) is 0 Å². The first-order chi connectivity index (χ1) is 21.0. The molecule has 12 nitrogen and oxygen atoms in total. The molecule has 2 aromatic carbocycles. The first kappa shape index (κ1) is 31.6. The average Bonchev–Trinajstić information content (AvgIpc) is 3.49. The summed E-state index contributed by atoms with van der Waals surface area (Å²) in [5.74, 6) is -2.33. The fourth-order valence-electron chi connectivity index (χ4n) is 5.54. The number of aryl methyl sites for hydroxylation is 1. The summed E-state index contributed by atoms with van der Waals surface area (Å²) in [5.41, 5.74) is 12.4. The lowest BCUT2D eigenvalue weighted by molar-refractivity contribution is -0.0106. The van der Waals surface area contributed by atoms with Crippen LogP contribution in [0, 0.1) is 18.6 Å². The van der Waals surface area contributed by atoms with Crippen molar-refractivity contribution in [3.05, 3.63) is 63.4 Å². The van der Waals surface area contributed by atoms with Gasteiger partial charge in [0.25, 0.3) is 11.8 Å². The van der Waals surface area contributed by atoms with E-state index in [1.54, 1.807) is 10.7 Å². The number of amides is 2. The van der Waals surface area contributed by atoms with E-state index in [9.17, 15) is 14.0 Å². The number of carbonyl (C=O) groups excluding carboxylic acids is 2. The molecular weight excluding hydrogens is 596 g/mol. The maximum Gasteiger partial charge on any atom is 0.270 e. The van der Waals surface area contributed by atoms with Gasteiger partial charge in [0.2, 0.25) is 0 Å². The highest BCUT2D eigenvalue weighted by atomic mass is 35.5. The number of aromatic nitrogens is 3. The van der Waals surface area contributed by atoms with E-state index in [0.29, 0.717) is 62.7 Å². The van der Waals surface area contributed by atoms with Crippen molar-refractivity contribution in [1.29, 1.82) is 0 Å². The maximum atomic E-state index is 16.0. The second kappa shape index (κ2) is 13.4. The Morgan fingerprint density at radius 2 is 1.89 bits per heavy atom. The Morgan fingerprint density at radius 1 is 1.14 bits per heavy atom. The number of hydrogen-bond donors (Lipinski definition) is 3. The van der Waals surface area contributed by atoms with Gasteiger partial charge in [0.15, 0.2) is 11.5 Å². The topological polar surface area (TPSA) is 148 Å². The Kier molecular flexibility index (Phi) is 9.63. The molecule has 5 N–H and O–H groups in total. The Hall–Kier alpha value is -3.85. The Bertz CT molecular complexity index is 1540. The number of primary amides is 1. The van der Waals surface area contributed by atoms with E-state index in [-0.39, 0.29) is 34.1 Å². The number of benzene rings is 2. The fraction of sp³-hybridized carbons (Fsp3) is 0.448. The van der Waals surface area contributed by atoms with Crippen LogP contribution in [0.25, 0.3) is 0 Å². The third-order valence-corrected chi connectivity index (χ3v) is 8.61. The molecular formula is C29H36ClF2N9O3. The molecule has 1 aromatic heterocycles. The van der Waals surface area contributed by atoms with E-state index in [2.05, 4.69) is 25.4 Å². The van der Waals surface area contributed by atoms with Crippen LogP contribution in [0.15, 0.2) is 24.4 Å². The van der Waals surface area contributed by atoms with Crippen molar-refractivity contribution in [2.24, 2.45) is 5.73 Å². The third-order valence-electron chi connectivity index (χ3n) is 8.12. The predicted molar refractivity (Wildman–Crippen MR) is 163 cm³/mol. The second-order valence-electron chi connectivity index (χ2n) is 11.1. The van der Waals surface area contributed by atoms with Crippen LogP contribution in [0.4, 0.5) is 25.8 Å². The highest BCUT2D eigenvalue weighted by Gasteiger charge is 2.30. The predicted octanol–water partition coefficient (Wildman–Crippen LogP) is 2.67. The van der Waals surface area contributed by atoms with Gasteiger partial charge >= 0.3 is 0 Å². The summed E-state index contributed by atoms with van der Waals surface area (Å²) in [6, 6.07) is 3.89. The van der Waals surface area contributed by atoms with Crippen LogP contribution in [0.2, 0.25) is 5.02 Å². The van der Waals surface area contributed by atoms with Gasteiger partial charge < -0.3 is 31.3 Å². The van der Waals surface area contributed by atoms with Crippen LogP contribution in [-0.2, 0) is 11.3 Å². The van der Waals surface area contributed by atoms with Crippen LogP contribution in [0.1, 0.15) is 44.4 Å². The molecule has 0 aliphatic carbocycles. The molecule has 1 unspecified atom stereocenters. The van der Waals surface area contributed by atoms with E-state index in [1.807, 2.05) is 11.9 Å². The lowest BCUT2D eigenvalue weighted by Crippen LogP contribution is -2.45. The summed E-state index contributed by atoms with van der Waals surface area (Å²) in [7, 11) is 2.02. The molecule has 0 radical (unpaired) electrons. The average molecular weight is 632 g/mol. The quantitative estimate of drug-likeness (QED) is 0.303. The zero-order valence-electron chi connectivity index (χ0n) is 24.7. The molecule has 0 saturated carbocycles. The normalized spacial score (nSPS) is 18.0. The molecule has 1 atom stereocenters. The van der Waals surface area contributed by atoms with Crippen LogP contribution in [-0.4, -0.2) is 96.1 Å². The van der Waals surface area contributed by atoms with E-state index >= 15 is 4.39 Å². The summed E-state index contributed by atoms with van der Waals surface area (Å²) < 4.78 is 37.6. The number of nitrogens with zero attached hydrogens (tertiary/aromatic N) is 6. The monoisotopic (exact) mass is 631 g/mol. The van der Waals surface area contributed by atoms with Crippen molar-refractivity contribution in [2.45, 2.75) is 25.9 Å². The molecule has 2 fully saturated rings. The van der Waals surface area contributed by atoms with Crippen molar-refractivity contribution < 1.29 is 23.1 Å². The molecule has 2 saturated heterocycles. The Labute approximate surface area is 258 Å². The van der Waals surface area contributed by atoms with Gasteiger partial charge in [-0.3, -0.25) is 19.2 Å². The number of hydrogen-bond acceptors (Lipinski definition) is 9. The van der Waals surface area contributed by atoms with Gasteiger partial charge in [0.1, 0.15) is 5.82 Å². The SMILES string of the molecule is Cc1c(F)c(N)cc(C(=O)Nc2cc(C3COCCN3CCCn3cc(C(N)=O)nn3)c(F)cc2N2CCN(C)CC2)c1Cl. The highest BCUT2D eigenvalue weighted by molar-refractivity contribution is 6.35. The zero-order chi connectivity index (χ0) is 31.5. The van der Waals surface area contributed by atoms with Crippen LogP contribution < -0.4 is 21.7 Å². The molecule has 15 heteroatoms. The molecule has 5 rings (SSSR count). The minimum Gasteiger partial charge on any atom is -0.396 e. The number of halogens is 3. The summed E-state index contributed by atoms with van der Waals surface area (Å²) >= 11 is 6.35. The van der Waals surface area contributed by atoms with E-state index < -0.39 is 29.5 Å². The Morgan fingerprint density at radius 3 is 2.59 bits per heavy atom. The van der Waals surface area contributed by atoms with Gasteiger partial charge in [-0.05, 0) is 38.6 Å². The van der Waals surface area contributed by atoms with Gasteiger partial charge in [-0.1, -0.05) is 16.8 Å². The molecule has 0 spiro atoms. The molecule has 236 valence electrons. The van der Waals surface area contributed by atoms with Gasteiger partial charge in [-0.2, -0.15) is 0 Å². The van der Waals surface area contributed by atoms with E-state index in [4.69, 9.17) is 27.8 Å². The lowest BCUT2D eigenvalue weighted by atomic mass is 10.0. The summed E-state index contributed by atoms with van der Waals surface area (Å²) in [5, 5.41) is 10.6. The number of nitrogens with one attached hydrogen (secondary N) is 1. The minimum atomic E-state index is -0.678. The smallest absolute Gasteiger partial charge is 0.270 e. The van der Waals surface area contributed by atoms with Crippen LogP contribution in [0.3, 0.4) is 0 Å². The number of nitrogen functional groups attached to an aromatic ring is 1. The number of carbonyl (C=O) groups is 2. The molecule has 0 bridgehead atoms. The van der Waals surface area contributed by atoms with Gasteiger partial charge in [-0.15, -0.1) is 5.10 Å². The van der Waals surface area contributed by atoms with Crippen molar-refractivity contribution in [1.82, 2.24) is 24.8 Å². The number of piperazine rings is 1. The Balaban J connectivity index is 1.43. The van der Waals surface area contributed by atoms with Gasteiger partial charge in [0, 0.05) is 56.9 Å². The molecule has 44 heavy (non-hydrogen) atoms. The third kappa shape index (κ3) is 6.78. The molecule has 2 aliphatic heterocycles. The summed E-state index contributed by atoms with van der Waals surface area (Å²) in [6.07, 6.45) is 2.14. The first-order valence-electron chi connectivity index (χ1n) is 14.4. The van der Waals surface area contributed by atoms with Crippen molar-refractivity contribution in [2.75, 3.05) is 75.5 Å². The maximum absolute atomic E-state index is 16.0. The number of rotatable bonds is 9. The largest absolute Gasteiger partial charge is 0.396 e. The molecule has 2 amide bonds. The standard InChI is InChI=1S/C29H36ClF2N9O3/c1-17-26(30)19(12-21(33)27(17)32)29(43)35-22-13-18(20(31)14-24(22)40-8-6-38(2)7-9-40)25-16-44-11-10-39(25)4-3-5-41-15-23(28(34)42)36-37-41/h12-15,25H,3-11,16,33H2,1-2H3,(H2,34,42)(H,35,43). The number of likely N-dealkylation sites (N-methyl/N-ethyl adjacent to an activating group) is 1. The first-order valence-corrected chi connectivity index (χ1v) is 14.7. The summed E-state index contributed by atoms with van der Waals surface area (Å²) in [6.45, 7) is 6.66. The number of nitrogens with two attached hydrogens (primary N) is 2. The fourth-order valence-corrected chi connectivity index (χ4v) is 5.77. The second-order valence-corrected chi connectivity index (χ2v) is 11.5. The van der Waals surface area contributed by atoms with E-state index in [0.717, 1.165) is 13.1 Å². The van der Waals surface area contributed by atoms with Crippen molar-refractivity contribution >= 4 is 40.5 Å². The number of morpholine rings is 1. The van der Waals surface area contributed by atoms with Gasteiger partial charge in [-0.25, -0.2) is 8.78 Å². The number of anilines is 3. The minimum absolute atomic E-state index is 0.0218. The van der Waals surface area contributed by atoms with Gasteiger partial charge in [0.05, 0.1) is 53.1 Å². The number of ether oxygens (including phenoxy) is 1. The molecule has 3 aromatic rings. The highest BCUT2D eigenvalue weighted by Crippen LogP contribution is 2.36. The van der Waals surface area contributed by atoms with Crippen LogP contribution >= 0.6 is 11.6 Å². The van der Waals surface area contributed by atoms with Crippen molar-refractivity contribution in [3.63, 3.8) is 0 Å².